The summed E-state index contributed by atoms with van der Waals surface area (Å²) in [5.74, 6) is -1.48. The molecule has 2 amide bonds. The van der Waals surface area contributed by atoms with E-state index in [1.54, 1.807) is 26.3 Å². The third-order valence-corrected chi connectivity index (χ3v) is 4.00. The molecule has 27 heavy (non-hydrogen) atoms. The maximum Gasteiger partial charge on any atom is 0.407 e. The van der Waals surface area contributed by atoms with Crippen molar-refractivity contribution < 1.29 is 24.6 Å². The van der Waals surface area contributed by atoms with Crippen molar-refractivity contribution in [3.8, 4) is 0 Å². The highest BCUT2D eigenvalue weighted by molar-refractivity contribution is 5.78. The predicted molar refractivity (Wildman–Crippen MR) is 102 cm³/mol. The van der Waals surface area contributed by atoms with E-state index in [2.05, 4.69) is 5.32 Å². The van der Waals surface area contributed by atoms with Gasteiger partial charge in [0.15, 0.2) is 0 Å². The van der Waals surface area contributed by atoms with Crippen LogP contribution in [-0.4, -0.2) is 40.1 Å². The van der Waals surface area contributed by atoms with Gasteiger partial charge in [0.25, 0.3) is 0 Å². The van der Waals surface area contributed by atoms with Gasteiger partial charge in [0, 0.05) is 0 Å². The molecule has 0 aliphatic carbocycles. The molecule has 0 saturated carbocycles. The summed E-state index contributed by atoms with van der Waals surface area (Å²) in [5, 5.41) is 22.7. The van der Waals surface area contributed by atoms with Crippen LogP contribution in [0.5, 0.6) is 0 Å². The number of rotatable bonds is 8. The molecule has 3 atom stereocenters. The van der Waals surface area contributed by atoms with Crippen LogP contribution in [0, 0.1) is 11.8 Å². The summed E-state index contributed by atoms with van der Waals surface area (Å²) < 4.78 is 5.27. The number of carbonyl (C=O) groups excluding carboxylic acids is 2. The van der Waals surface area contributed by atoms with Crippen LogP contribution >= 0.6 is 0 Å². The van der Waals surface area contributed by atoms with E-state index in [4.69, 9.17) is 9.94 Å². The number of alkyl carbamates (subject to hydrolysis) is 1. The molecule has 0 bridgehead atoms. The Morgan fingerprint density at radius 3 is 2.22 bits per heavy atom. The van der Waals surface area contributed by atoms with Gasteiger partial charge in [-0.2, -0.15) is 0 Å². The van der Waals surface area contributed by atoms with Crippen LogP contribution in [0.3, 0.4) is 0 Å². The number of amides is 2. The number of aliphatic hydroxyl groups is 1. The van der Waals surface area contributed by atoms with Crippen LogP contribution in [0.15, 0.2) is 30.3 Å². The van der Waals surface area contributed by atoms with E-state index in [1.165, 1.54) is 0 Å². The first-order valence-corrected chi connectivity index (χ1v) is 9.19. The van der Waals surface area contributed by atoms with E-state index in [9.17, 15) is 14.7 Å². The molecule has 0 saturated heterocycles. The number of ether oxygens (including phenoxy) is 1. The van der Waals surface area contributed by atoms with Gasteiger partial charge in [0.05, 0.1) is 18.1 Å². The zero-order valence-corrected chi connectivity index (χ0v) is 16.7. The van der Waals surface area contributed by atoms with Gasteiger partial charge >= 0.3 is 6.09 Å². The van der Waals surface area contributed by atoms with Gasteiger partial charge in [-0.3, -0.25) is 10.0 Å². The molecule has 1 unspecified atom stereocenters. The molecule has 1 aromatic carbocycles. The lowest BCUT2D eigenvalue weighted by atomic mass is 9.86. The van der Waals surface area contributed by atoms with E-state index < -0.39 is 35.7 Å². The number of benzene rings is 1. The van der Waals surface area contributed by atoms with Gasteiger partial charge in [-0.1, -0.05) is 44.2 Å². The Morgan fingerprint density at radius 1 is 1.15 bits per heavy atom. The van der Waals surface area contributed by atoms with Gasteiger partial charge in [-0.25, -0.2) is 10.3 Å². The van der Waals surface area contributed by atoms with E-state index in [-0.39, 0.29) is 12.3 Å². The smallest absolute Gasteiger partial charge is 0.407 e. The fourth-order valence-corrected chi connectivity index (χ4v) is 2.85. The molecule has 0 radical (unpaired) electrons. The normalized spacial score (nSPS) is 15.0. The first-order valence-electron chi connectivity index (χ1n) is 9.19. The Hall–Kier alpha value is -2.12. The van der Waals surface area contributed by atoms with E-state index in [0.717, 1.165) is 5.56 Å². The largest absolute Gasteiger partial charge is 0.444 e. The molecular weight excluding hydrogens is 348 g/mol. The Kier molecular flexibility index (Phi) is 8.72. The highest BCUT2D eigenvalue weighted by Gasteiger charge is 2.35. The lowest BCUT2D eigenvalue weighted by Crippen LogP contribution is -2.52. The van der Waals surface area contributed by atoms with Crippen molar-refractivity contribution in [2.75, 3.05) is 0 Å². The molecule has 7 heteroatoms. The standard InChI is InChI=1S/C20H32N2O5/c1-13(2)11-16(21-19(25)27-20(3,4)5)17(23)15(18(24)22-26)12-14-9-7-6-8-10-14/h6-10,13,15-17,23,26H,11-12H2,1-5H3,(H,21,25)(H,22,24)/t15?,16-,17+/m0/s1. The summed E-state index contributed by atoms with van der Waals surface area (Å²) in [5.41, 5.74) is 1.78. The minimum Gasteiger partial charge on any atom is -0.444 e. The molecule has 0 aliphatic heterocycles. The van der Waals surface area contributed by atoms with Crippen LogP contribution in [0.1, 0.15) is 46.6 Å². The van der Waals surface area contributed by atoms with E-state index in [1.807, 2.05) is 44.2 Å². The van der Waals surface area contributed by atoms with Crippen molar-refractivity contribution in [1.29, 1.82) is 0 Å². The van der Waals surface area contributed by atoms with E-state index in [0.29, 0.717) is 6.42 Å². The Balaban J connectivity index is 3.00. The van der Waals surface area contributed by atoms with Gasteiger partial charge in [0.2, 0.25) is 5.91 Å². The van der Waals surface area contributed by atoms with Crippen LogP contribution in [-0.2, 0) is 16.0 Å². The maximum absolute atomic E-state index is 12.2. The molecule has 0 aromatic heterocycles. The van der Waals surface area contributed by atoms with Crippen molar-refractivity contribution in [3.63, 3.8) is 0 Å². The monoisotopic (exact) mass is 380 g/mol. The predicted octanol–water partition coefficient (Wildman–Crippen LogP) is 2.65. The van der Waals surface area contributed by atoms with Crippen molar-refractivity contribution >= 4 is 12.0 Å². The summed E-state index contributed by atoms with van der Waals surface area (Å²) in [6, 6.07) is 8.49. The summed E-state index contributed by atoms with van der Waals surface area (Å²) >= 11 is 0. The summed E-state index contributed by atoms with van der Waals surface area (Å²) in [6.45, 7) is 9.15. The Bertz CT molecular complexity index is 598. The maximum atomic E-state index is 12.2. The number of hydrogen-bond acceptors (Lipinski definition) is 5. The highest BCUT2D eigenvalue weighted by atomic mass is 16.6. The number of aliphatic hydroxyl groups excluding tert-OH is 1. The van der Waals surface area contributed by atoms with Crippen LogP contribution in [0.4, 0.5) is 4.79 Å². The first kappa shape index (κ1) is 22.9. The average molecular weight is 380 g/mol. The molecule has 7 nitrogen and oxygen atoms in total. The number of nitrogens with one attached hydrogen (secondary N) is 2. The Morgan fingerprint density at radius 2 is 1.74 bits per heavy atom. The Labute approximate surface area is 161 Å². The van der Waals surface area contributed by atoms with Gasteiger partial charge in [-0.15, -0.1) is 0 Å². The second kappa shape index (κ2) is 10.3. The highest BCUT2D eigenvalue weighted by Crippen LogP contribution is 2.20. The molecular formula is C20H32N2O5. The number of hydroxylamine groups is 1. The first-order chi connectivity index (χ1) is 12.5. The minimum absolute atomic E-state index is 0.161. The lowest BCUT2D eigenvalue weighted by molar-refractivity contribution is -0.138. The van der Waals surface area contributed by atoms with Crippen LogP contribution in [0.25, 0.3) is 0 Å². The minimum atomic E-state index is -1.20. The lowest BCUT2D eigenvalue weighted by Gasteiger charge is -2.31. The summed E-state index contributed by atoms with van der Waals surface area (Å²) in [4.78, 5) is 24.4. The van der Waals surface area contributed by atoms with Crippen LogP contribution < -0.4 is 10.8 Å². The quantitative estimate of drug-likeness (QED) is 0.410. The molecule has 0 spiro atoms. The molecule has 1 rings (SSSR count). The van der Waals surface area contributed by atoms with Crippen molar-refractivity contribution in [2.24, 2.45) is 11.8 Å². The molecule has 4 N–H and O–H groups in total. The van der Waals surface area contributed by atoms with Crippen molar-refractivity contribution in [2.45, 2.75) is 65.2 Å². The summed E-state index contributed by atoms with van der Waals surface area (Å²) in [7, 11) is 0. The number of carbonyl (C=O) groups is 2. The molecule has 0 heterocycles. The number of hydrogen-bond donors (Lipinski definition) is 4. The zero-order chi connectivity index (χ0) is 20.6. The van der Waals surface area contributed by atoms with Crippen molar-refractivity contribution in [3.05, 3.63) is 35.9 Å². The fourth-order valence-electron chi connectivity index (χ4n) is 2.85. The van der Waals surface area contributed by atoms with Crippen LogP contribution in [0.2, 0.25) is 0 Å². The summed E-state index contributed by atoms with van der Waals surface area (Å²) in [6.07, 6.45) is -1.19. The zero-order valence-electron chi connectivity index (χ0n) is 16.7. The van der Waals surface area contributed by atoms with Gasteiger partial charge < -0.3 is 15.2 Å². The van der Waals surface area contributed by atoms with E-state index >= 15 is 0 Å². The topological polar surface area (TPSA) is 108 Å². The molecule has 0 fully saturated rings. The second-order valence-electron chi connectivity index (χ2n) is 8.15. The second-order valence-corrected chi connectivity index (χ2v) is 8.15. The van der Waals surface area contributed by atoms with Crippen molar-refractivity contribution in [1.82, 2.24) is 10.8 Å². The molecule has 1 aromatic rings. The van der Waals surface area contributed by atoms with Gasteiger partial charge in [0.1, 0.15) is 5.60 Å². The fraction of sp³-hybridized carbons (Fsp3) is 0.600. The SMILES string of the molecule is CC(C)C[C@H](NC(=O)OC(C)(C)C)[C@H](O)C(Cc1ccccc1)C(=O)NO. The molecule has 0 aliphatic rings. The third-order valence-electron chi connectivity index (χ3n) is 4.00. The third kappa shape index (κ3) is 8.41. The average Bonchev–Trinajstić information content (AvgIpc) is 2.56. The molecule has 152 valence electrons. The van der Waals surface area contributed by atoms with Gasteiger partial charge in [-0.05, 0) is 45.1 Å².